The van der Waals surface area contributed by atoms with Crippen LogP contribution in [0.4, 0.5) is 0 Å². The van der Waals surface area contributed by atoms with Crippen LogP contribution in [-0.2, 0) is 27.4 Å². The number of carboxylic acid groups (broad SMARTS) is 1. The van der Waals surface area contributed by atoms with E-state index in [4.69, 9.17) is 10.00 Å². The van der Waals surface area contributed by atoms with Crippen LogP contribution in [0.1, 0.15) is 41.5 Å². The zero-order valence-corrected chi connectivity index (χ0v) is 22.7. The maximum atomic E-state index is 12.7. The molecule has 1 atom stereocenters. The second-order valence-corrected chi connectivity index (χ2v) is 10.1. The van der Waals surface area contributed by atoms with E-state index in [1.54, 1.807) is 47.4 Å². The van der Waals surface area contributed by atoms with Crippen molar-refractivity contribution >= 4 is 23.9 Å². The Hall–Kier alpha value is -4.90. The van der Waals surface area contributed by atoms with Crippen molar-refractivity contribution in [2.45, 2.75) is 38.3 Å². The molecule has 0 radical (unpaired) electrons. The Morgan fingerprint density at radius 3 is 2.29 bits per heavy atom. The molecular formula is C33H33N3O5. The number of hydrogen-bond donors (Lipinski definition) is 2. The summed E-state index contributed by atoms with van der Waals surface area (Å²) in [6.45, 7) is 1.52. The molecule has 8 heteroatoms. The van der Waals surface area contributed by atoms with Crippen LogP contribution in [0, 0.1) is 17.2 Å². The van der Waals surface area contributed by atoms with Crippen molar-refractivity contribution in [3.63, 3.8) is 0 Å². The summed E-state index contributed by atoms with van der Waals surface area (Å²) in [6, 6.07) is 25.0. The van der Waals surface area contributed by atoms with Gasteiger partial charge in [-0.1, -0.05) is 54.6 Å². The molecule has 1 unspecified atom stereocenters. The highest BCUT2D eigenvalue weighted by atomic mass is 16.5. The number of rotatable bonds is 11. The second kappa shape index (κ2) is 14.5. The van der Waals surface area contributed by atoms with Crippen LogP contribution in [0.3, 0.4) is 0 Å². The standard InChI is InChI=1S/C33H33N3O5/c34-22-27-8-6-24(7-9-27)12-15-32(38)36-18-16-26(17-19-36)21-31(37)35-30(33(39)40)20-25-10-13-29(14-11-25)41-23-28-4-2-1-3-5-28/h1-15,26,30H,16-21,23H2,(H,35,37)(H,39,40)/b15-12+. The monoisotopic (exact) mass is 551 g/mol. The topological polar surface area (TPSA) is 120 Å². The number of ether oxygens (including phenoxy) is 1. The number of carbonyl (C=O) groups is 3. The highest BCUT2D eigenvalue weighted by Gasteiger charge is 2.26. The van der Waals surface area contributed by atoms with Gasteiger partial charge in [-0.2, -0.15) is 5.26 Å². The van der Waals surface area contributed by atoms with E-state index in [0.29, 0.717) is 43.9 Å². The van der Waals surface area contributed by atoms with E-state index in [0.717, 1.165) is 16.7 Å². The SMILES string of the molecule is N#Cc1ccc(/C=C/C(=O)N2CCC(CC(=O)NC(Cc3ccc(OCc4ccccc4)cc3)C(=O)O)CC2)cc1. The van der Waals surface area contributed by atoms with Crippen molar-refractivity contribution in [1.29, 1.82) is 5.26 Å². The van der Waals surface area contributed by atoms with Gasteiger partial charge in [-0.15, -0.1) is 0 Å². The number of carboxylic acids is 1. The molecule has 3 aromatic carbocycles. The van der Waals surface area contributed by atoms with Gasteiger partial charge in [-0.25, -0.2) is 4.79 Å². The smallest absolute Gasteiger partial charge is 0.326 e. The average Bonchev–Trinajstić information content (AvgIpc) is 3.00. The van der Waals surface area contributed by atoms with Crippen molar-refractivity contribution < 1.29 is 24.2 Å². The van der Waals surface area contributed by atoms with Crippen LogP contribution in [0.2, 0.25) is 0 Å². The lowest BCUT2D eigenvalue weighted by atomic mass is 9.93. The lowest BCUT2D eigenvalue weighted by Gasteiger charge is -2.31. The third-order valence-electron chi connectivity index (χ3n) is 7.10. The molecule has 8 nitrogen and oxygen atoms in total. The summed E-state index contributed by atoms with van der Waals surface area (Å²) in [6.07, 6.45) is 4.98. The first kappa shape index (κ1) is 29.1. The third kappa shape index (κ3) is 9.07. The van der Waals surface area contributed by atoms with Crippen molar-refractivity contribution in [1.82, 2.24) is 10.2 Å². The molecule has 4 rings (SSSR count). The molecule has 0 bridgehead atoms. The molecule has 1 aliphatic rings. The number of carbonyl (C=O) groups excluding carboxylic acids is 2. The van der Waals surface area contributed by atoms with E-state index in [9.17, 15) is 19.5 Å². The predicted octanol–water partition coefficient (Wildman–Crippen LogP) is 4.59. The van der Waals surface area contributed by atoms with Crippen molar-refractivity contribution in [3.8, 4) is 11.8 Å². The van der Waals surface area contributed by atoms with Gasteiger partial charge in [0.2, 0.25) is 11.8 Å². The van der Waals surface area contributed by atoms with Crippen LogP contribution < -0.4 is 10.1 Å². The van der Waals surface area contributed by atoms with Crippen LogP contribution in [-0.4, -0.2) is 46.9 Å². The molecule has 0 aromatic heterocycles. The van der Waals surface area contributed by atoms with Gasteiger partial charge >= 0.3 is 5.97 Å². The van der Waals surface area contributed by atoms with Crippen molar-refractivity contribution in [2.75, 3.05) is 13.1 Å². The number of likely N-dealkylation sites (tertiary alicyclic amines) is 1. The quantitative estimate of drug-likeness (QED) is 0.337. The number of nitrogens with one attached hydrogen (secondary N) is 1. The molecular weight excluding hydrogens is 518 g/mol. The van der Waals surface area contributed by atoms with Crippen LogP contribution in [0.25, 0.3) is 6.08 Å². The summed E-state index contributed by atoms with van der Waals surface area (Å²) in [5.74, 6) is -0.720. The summed E-state index contributed by atoms with van der Waals surface area (Å²) in [5.41, 5.74) is 3.24. The number of nitrogens with zero attached hydrogens (tertiary/aromatic N) is 2. The highest BCUT2D eigenvalue weighted by molar-refractivity contribution is 5.92. The zero-order chi connectivity index (χ0) is 29.0. The predicted molar refractivity (Wildman–Crippen MR) is 155 cm³/mol. The Labute approximate surface area is 239 Å². The fourth-order valence-electron chi connectivity index (χ4n) is 4.71. The first-order valence-corrected chi connectivity index (χ1v) is 13.6. The fraction of sp³-hybridized carbons (Fsp3) is 0.273. The van der Waals surface area contributed by atoms with Crippen molar-refractivity contribution in [2.24, 2.45) is 5.92 Å². The zero-order valence-electron chi connectivity index (χ0n) is 22.7. The number of piperidine rings is 1. The third-order valence-corrected chi connectivity index (χ3v) is 7.10. The molecule has 3 aromatic rings. The van der Waals surface area contributed by atoms with E-state index in [-0.39, 0.29) is 30.6 Å². The highest BCUT2D eigenvalue weighted by Crippen LogP contribution is 2.21. The van der Waals surface area contributed by atoms with E-state index in [1.165, 1.54) is 6.08 Å². The van der Waals surface area contributed by atoms with Crippen LogP contribution >= 0.6 is 0 Å². The molecule has 41 heavy (non-hydrogen) atoms. The average molecular weight is 552 g/mol. The molecule has 1 aliphatic heterocycles. The summed E-state index contributed by atoms with van der Waals surface area (Å²) in [4.78, 5) is 38.9. The van der Waals surface area contributed by atoms with Crippen molar-refractivity contribution in [3.05, 3.63) is 107 Å². The summed E-state index contributed by atoms with van der Waals surface area (Å²) in [5, 5.41) is 21.3. The minimum Gasteiger partial charge on any atom is -0.489 e. The van der Waals surface area contributed by atoms with Gasteiger partial charge in [0.1, 0.15) is 18.4 Å². The summed E-state index contributed by atoms with van der Waals surface area (Å²) >= 11 is 0. The molecule has 0 spiro atoms. The van der Waals surface area contributed by atoms with Gasteiger partial charge in [-0.3, -0.25) is 9.59 Å². The molecule has 1 saturated heterocycles. The minimum absolute atomic E-state index is 0.0806. The molecule has 2 amide bonds. The Balaban J connectivity index is 1.20. The van der Waals surface area contributed by atoms with E-state index in [1.807, 2.05) is 42.5 Å². The van der Waals surface area contributed by atoms with Gasteiger partial charge in [0.15, 0.2) is 0 Å². The Bertz CT molecular complexity index is 1390. The molecule has 1 fully saturated rings. The van der Waals surface area contributed by atoms with Gasteiger partial charge in [0.25, 0.3) is 0 Å². The number of nitriles is 1. The Morgan fingerprint density at radius 2 is 1.66 bits per heavy atom. The van der Waals surface area contributed by atoms with Gasteiger partial charge in [-0.05, 0) is 65.8 Å². The number of hydrogen-bond acceptors (Lipinski definition) is 5. The number of aliphatic carboxylic acids is 1. The molecule has 0 aliphatic carbocycles. The minimum atomic E-state index is -1.09. The number of amides is 2. The van der Waals surface area contributed by atoms with E-state index in [2.05, 4.69) is 11.4 Å². The normalized spacial score (nSPS) is 14.3. The Morgan fingerprint density at radius 1 is 0.976 bits per heavy atom. The summed E-state index contributed by atoms with van der Waals surface area (Å²) in [7, 11) is 0. The second-order valence-electron chi connectivity index (χ2n) is 10.1. The van der Waals surface area contributed by atoms with Crippen LogP contribution in [0.15, 0.2) is 84.9 Å². The van der Waals surface area contributed by atoms with E-state index < -0.39 is 12.0 Å². The van der Waals surface area contributed by atoms with Crippen LogP contribution in [0.5, 0.6) is 5.75 Å². The first-order valence-electron chi connectivity index (χ1n) is 13.6. The largest absolute Gasteiger partial charge is 0.489 e. The molecule has 1 heterocycles. The van der Waals surface area contributed by atoms with Gasteiger partial charge in [0.05, 0.1) is 11.6 Å². The lowest BCUT2D eigenvalue weighted by Crippen LogP contribution is -2.44. The maximum Gasteiger partial charge on any atom is 0.326 e. The maximum absolute atomic E-state index is 12.7. The first-order chi connectivity index (χ1) is 19.9. The van der Waals surface area contributed by atoms with Gasteiger partial charge < -0.3 is 20.1 Å². The Kier molecular flexibility index (Phi) is 10.3. The molecule has 2 N–H and O–H groups in total. The van der Waals surface area contributed by atoms with Gasteiger partial charge in [0, 0.05) is 32.0 Å². The fourth-order valence-corrected chi connectivity index (χ4v) is 4.71. The summed E-state index contributed by atoms with van der Waals surface area (Å²) < 4.78 is 5.79. The molecule has 0 saturated carbocycles. The number of benzene rings is 3. The lowest BCUT2D eigenvalue weighted by molar-refractivity contribution is -0.142. The molecule has 210 valence electrons. The van der Waals surface area contributed by atoms with E-state index >= 15 is 0 Å².